The maximum absolute atomic E-state index is 12.0. The first-order chi connectivity index (χ1) is 11.7. The van der Waals surface area contributed by atoms with Crippen LogP contribution in [0.1, 0.15) is 22.3 Å². The topological polar surface area (TPSA) is 44.8 Å². The Morgan fingerprint density at radius 2 is 1.44 bits per heavy atom. The Hall–Kier alpha value is -2.19. The molecule has 4 nitrogen and oxygen atoms in total. The van der Waals surface area contributed by atoms with Crippen molar-refractivity contribution in [3.05, 3.63) is 52.6 Å². The summed E-state index contributed by atoms with van der Waals surface area (Å²) in [6.45, 7) is 7.22. The molecular weight excluding hydrogens is 335 g/mol. The fourth-order valence-corrected chi connectivity index (χ4v) is 3.32. The molecule has 0 amide bonds. The summed E-state index contributed by atoms with van der Waals surface area (Å²) in [6, 6.07) is 9.74. The molecule has 2 aromatic rings. The number of ether oxygens (including phenoxy) is 2. The summed E-state index contributed by atoms with van der Waals surface area (Å²) >= 11 is 0. The Morgan fingerprint density at radius 1 is 0.840 bits per heavy atom. The second-order valence-corrected chi connectivity index (χ2v) is 8.96. The Labute approximate surface area is 149 Å². The number of methoxy groups -OCH3 is 2. The SMILES string of the molecule is COc1ccc(/C=C\c2cc(C)c(OC)c(C)c2)cc1OP(C)(C)=O. The number of hydrogen-bond acceptors (Lipinski definition) is 4. The maximum atomic E-state index is 12.0. The average molecular weight is 360 g/mol. The first-order valence-corrected chi connectivity index (χ1v) is 10.5. The third kappa shape index (κ3) is 5.14. The smallest absolute Gasteiger partial charge is 0.242 e. The number of rotatable bonds is 6. The van der Waals surface area contributed by atoms with Crippen LogP contribution in [0.3, 0.4) is 0 Å². The van der Waals surface area contributed by atoms with E-state index >= 15 is 0 Å². The molecule has 0 atom stereocenters. The van der Waals surface area contributed by atoms with Crippen LogP contribution in [0.4, 0.5) is 0 Å². The van der Waals surface area contributed by atoms with Gasteiger partial charge in [-0.05, 0) is 60.4 Å². The monoisotopic (exact) mass is 360 g/mol. The minimum Gasteiger partial charge on any atom is -0.496 e. The van der Waals surface area contributed by atoms with E-state index in [1.807, 2.05) is 44.2 Å². The van der Waals surface area contributed by atoms with E-state index < -0.39 is 7.37 Å². The van der Waals surface area contributed by atoms with Crippen molar-refractivity contribution in [1.29, 1.82) is 0 Å². The zero-order chi connectivity index (χ0) is 18.6. The summed E-state index contributed by atoms with van der Waals surface area (Å²) in [5.41, 5.74) is 4.22. The summed E-state index contributed by atoms with van der Waals surface area (Å²) in [6.07, 6.45) is 4.02. The van der Waals surface area contributed by atoms with Gasteiger partial charge in [-0.2, -0.15) is 0 Å². The maximum Gasteiger partial charge on any atom is 0.242 e. The van der Waals surface area contributed by atoms with E-state index in [4.69, 9.17) is 14.0 Å². The molecule has 134 valence electrons. The van der Waals surface area contributed by atoms with Crippen molar-refractivity contribution in [2.45, 2.75) is 13.8 Å². The number of hydrogen-bond donors (Lipinski definition) is 0. The van der Waals surface area contributed by atoms with Gasteiger partial charge >= 0.3 is 0 Å². The largest absolute Gasteiger partial charge is 0.496 e. The van der Waals surface area contributed by atoms with Crippen LogP contribution in [0, 0.1) is 13.8 Å². The first-order valence-electron chi connectivity index (χ1n) is 7.99. The molecular formula is C20H25O4P. The lowest BCUT2D eigenvalue weighted by atomic mass is 10.0. The molecule has 2 aromatic carbocycles. The highest BCUT2D eigenvalue weighted by molar-refractivity contribution is 7.57. The molecule has 0 unspecified atom stereocenters. The van der Waals surface area contributed by atoms with Crippen LogP contribution in [0.5, 0.6) is 17.2 Å². The van der Waals surface area contributed by atoms with Gasteiger partial charge in [0.25, 0.3) is 0 Å². The molecule has 0 aromatic heterocycles. The standard InChI is InChI=1S/C20H25O4P/c1-14-11-17(12-15(2)20(14)23-4)8-7-16-9-10-18(22-3)19(13-16)24-25(5,6)21/h7-13H,1-6H3/b8-7-. The molecule has 25 heavy (non-hydrogen) atoms. The number of benzene rings is 2. The van der Waals surface area contributed by atoms with Crippen molar-refractivity contribution in [3.63, 3.8) is 0 Å². The highest BCUT2D eigenvalue weighted by Crippen LogP contribution is 2.43. The second kappa shape index (κ2) is 7.79. The lowest BCUT2D eigenvalue weighted by molar-refractivity contribution is 0.391. The van der Waals surface area contributed by atoms with E-state index in [9.17, 15) is 4.57 Å². The predicted molar refractivity (Wildman–Crippen MR) is 104 cm³/mol. The van der Waals surface area contributed by atoms with Crippen molar-refractivity contribution in [2.24, 2.45) is 0 Å². The third-order valence-corrected chi connectivity index (χ3v) is 4.30. The molecule has 0 saturated carbocycles. The van der Waals surface area contributed by atoms with E-state index in [1.54, 1.807) is 27.5 Å². The van der Waals surface area contributed by atoms with Crippen molar-refractivity contribution in [3.8, 4) is 17.2 Å². The normalized spacial score (nSPS) is 11.6. The van der Waals surface area contributed by atoms with E-state index in [-0.39, 0.29) is 0 Å². The van der Waals surface area contributed by atoms with Gasteiger partial charge in [0.15, 0.2) is 11.5 Å². The van der Waals surface area contributed by atoms with E-state index in [0.29, 0.717) is 11.5 Å². The Kier molecular flexibility index (Phi) is 5.97. The van der Waals surface area contributed by atoms with Gasteiger partial charge in [-0.3, -0.25) is 4.57 Å². The molecule has 5 heteroatoms. The van der Waals surface area contributed by atoms with Crippen molar-refractivity contribution >= 4 is 19.5 Å². The van der Waals surface area contributed by atoms with Crippen molar-refractivity contribution in [1.82, 2.24) is 0 Å². The lowest BCUT2D eigenvalue weighted by Crippen LogP contribution is -1.93. The zero-order valence-electron chi connectivity index (χ0n) is 15.6. The van der Waals surface area contributed by atoms with Crippen LogP contribution in [-0.2, 0) is 4.57 Å². The summed E-state index contributed by atoms with van der Waals surface area (Å²) in [5.74, 6) is 1.97. The first kappa shape index (κ1) is 19.1. The fourth-order valence-electron chi connectivity index (χ4n) is 2.70. The molecule has 0 spiro atoms. The van der Waals surface area contributed by atoms with Gasteiger partial charge in [-0.1, -0.05) is 18.2 Å². The molecule has 0 heterocycles. The highest BCUT2D eigenvalue weighted by atomic mass is 31.2. The fraction of sp³-hybridized carbons (Fsp3) is 0.300. The van der Waals surface area contributed by atoms with Gasteiger partial charge in [0.2, 0.25) is 7.37 Å². The Balaban J connectivity index is 2.32. The lowest BCUT2D eigenvalue weighted by Gasteiger charge is -2.14. The summed E-state index contributed by atoms with van der Waals surface area (Å²) in [4.78, 5) is 0. The summed E-state index contributed by atoms with van der Waals surface area (Å²) in [7, 11) is 0.586. The molecule has 0 aliphatic heterocycles. The van der Waals surface area contributed by atoms with Gasteiger partial charge in [0.05, 0.1) is 14.2 Å². The van der Waals surface area contributed by atoms with Gasteiger partial charge in [-0.15, -0.1) is 0 Å². The quantitative estimate of drug-likeness (QED) is 0.510. The van der Waals surface area contributed by atoms with Crippen molar-refractivity contribution in [2.75, 3.05) is 27.5 Å². The summed E-state index contributed by atoms with van der Waals surface area (Å²) < 4.78 is 28.2. The predicted octanol–water partition coefficient (Wildman–Crippen LogP) is 5.41. The highest BCUT2D eigenvalue weighted by Gasteiger charge is 2.13. The molecule has 0 bridgehead atoms. The summed E-state index contributed by atoms with van der Waals surface area (Å²) in [5, 5.41) is 0. The van der Waals surface area contributed by atoms with E-state index in [0.717, 1.165) is 28.0 Å². The number of aryl methyl sites for hydroxylation is 2. The molecule has 0 aliphatic rings. The second-order valence-electron chi connectivity index (χ2n) is 6.27. The minimum absolute atomic E-state index is 0.486. The zero-order valence-corrected chi connectivity index (χ0v) is 16.5. The van der Waals surface area contributed by atoms with E-state index in [2.05, 4.69) is 12.1 Å². The van der Waals surface area contributed by atoms with Gasteiger partial charge in [0.1, 0.15) is 5.75 Å². The van der Waals surface area contributed by atoms with Crippen LogP contribution >= 0.6 is 7.37 Å². The van der Waals surface area contributed by atoms with Crippen molar-refractivity contribution < 1.29 is 18.6 Å². The van der Waals surface area contributed by atoms with Crippen LogP contribution in [0.15, 0.2) is 30.3 Å². The molecule has 0 saturated heterocycles. The molecule has 0 radical (unpaired) electrons. The minimum atomic E-state index is -2.66. The van der Waals surface area contributed by atoms with Crippen LogP contribution in [-0.4, -0.2) is 27.5 Å². The van der Waals surface area contributed by atoms with Gasteiger partial charge in [-0.25, -0.2) is 0 Å². The molecule has 0 N–H and O–H groups in total. The van der Waals surface area contributed by atoms with Crippen LogP contribution in [0.25, 0.3) is 12.2 Å². The molecule has 0 fully saturated rings. The Morgan fingerprint density at radius 3 is 1.96 bits per heavy atom. The Bertz CT molecular complexity index is 811. The van der Waals surface area contributed by atoms with Gasteiger partial charge < -0.3 is 14.0 Å². The third-order valence-electron chi connectivity index (χ3n) is 3.66. The van der Waals surface area contributed by atoms with Crippen LogP contribution in [0.2, 0.25) is 0 Å². The van der Waals surface area contributed by atoms with Gasteiger partial charge in [0, 0.05) is 13.3 Å². The van der Waals surface area contributed by atoms with E-state index in [1.165, 1.54) is 0 Å². The molecule has 0 aliphatic carbocycles. The van der Waals surface area contributed by atoms with Crippen LogP contribution < -0.4 is 14.0 Å². The molecule has 2 rings (SSSR count). The average Bonchev–Trinajstić information content (AvgIpc) is 2.51.